The van der Waals surface area contributed by atoms with E-state index < -0.39 is 45.5 Å². The Morgan fingerprint density at radius 2 is 1.76 bits per heavy atom. The molecule has 2 aromatic rings. The van der Waals surface area contributed by atoms with Crippen molar-refractivity contribution in [2.24, 2.45) is 0 Å². The monoisotopic (exact) mass is 448 g/mol. The standard InChI is InChI=1S/C18H16ClF3N2O4S/c19-11-5-4-9(18(26)23-10-7-12(20)17(22)13(21)8-10)6-16(11)29(27,28)24-14-2-1-3-15(14)25/h4-8,14-15,24-25H,1-3H2,(H,23,26). The summed E-state index contributed by atoms with van der Waals surface area (Å²) in [6.07, 6.45) is 0.766. The van der Waals surface area contributed by atoms with E-state index in [1.54, 1.807) is 0 Å². The maximum Gasteiger partial charge on any atom is 0.255 e. The Labute approximate surface area is 169 Å². The lowest BCUT2D eigenvalue weighted by Crippen LogP contribution is -2.39. The van der Waals surface area contributed by atoms with Gasteiger partial charge in [0.25, 0.3) is 5.91 Å². The molecule has 1 amide bonds. The molecular weight excluding hydrogens is 433 g/mol. The number of aliphatic hydroxyl groups is 1. The summed E-state index contributed by atoms with van der Waals surface area (Å²) < 4.78 is 67.3. The van der Waals surface area contributed by atoms with Crippen molar-refractivity contribution in [1.29, 1.82) is 0 Å². The summed E-state index contributed by atoms with van der Waals surface area (Å²) in [6, 6.07) is 3.91. The molecule has 0 radical (unpaired) electrons. The largest absolute Gasteiger partial charge is 0.391 e. The molecule has 6 nitrogen and oxygen atoms in total. The van der Waals surface area contributed by atoms with E-state index in [0.717, 1.165) is 6.07 Å². The van der Waals surface area contributed by atoms with Crippen molar-refractivity contribution in [3.05, 3.63) is 58.4 Å². The number of aliphatic hydroxyl groups excluding tert-OH is 1. The molecule has 0 aliphatic heterocycles. The number of carbonyl (C=O) groups is 1. The Hall–Kier alpha value is -2.14. The number of nitrogens with one attached hydrogen (secondary N) is 2. The third-order valence-electron chi connectivity index (χ3n) is 4.51. The Balaban J connectivity index is 1.85. The van der Waals surface area contributed by atoms with E-state index in [4.69, 9.17) is 11.6 Å². The van der Waals surface area contributed by atoms with Crippen LogP contribution in [0.1, 0.15) is 29.6 Å². The quantitative estimate of drug-likeness (QED) is 0.612. The van der Waals surface area contributed by atoms with Crippen LogP contribution in [0, 0.1) is 17.5 Å². The number of amides is 1. The van der Waals surface area contributed by atoms with E-state index in [1.807, 2.05) is 0 Å². The maximum atomic E-state index is 13.3. The smallest absolute Gasteiger partial charge is 0.255 e. The van der Waals surface area contributed by atoms with Crippen molar-refractivity contribution in [1.82, 2.24) is 4.72 Å². The molecule has 1 saturated carbocycles. The third-order valence-corrected chi connectivity index (χ3v) is 6.48. The number of sulfonamides is 1. The van der Waals surface area contributed by atoms with Gasteiger partial charge in [0.05, 0.1) is 11.1 Å². The lowest BCUT2D eigenvalue weighted by Gasteiger charge is -2.17. The number of anilines is 1. The molecule has 2 atom stereocenters. The molecule has 29 heavy (non-hydrogen) atoms. The second kappa shape index (κ2) is 8.31. The molecule has 0 spiro atoms. The molecule has 156 valence electrons. The molecule has 0 heterocycles. The van der Waals surface area contributed by atoms with Crippen molar-refractivity contribution >= 4 is 33.2 Å². The van der Waals surface area contributed by atoms with Crippen LogP contribution in [0.25, 0.3) is 0 Å². The number of hydrogen-bond acceptors (Lipinski definition) is 4. The normalized spacial score (nSPS) is 19.3. The zero-order chi connectivity index (χ0) is 21.3. The van der Waals surface area contributed by atoms with Crippen LogP contribution in [-0.2, 0) is 10.0 Å². The van der Waals surface area contributed by atoms with Gasteiger partial charge in [0.1, 0.15) is 4.90 Å². The highest BCUT2D eigenvalue weighted by molar-refractivity contribution is 7.89. The van der Waals surface area contributed by atoms with Crippen LogP contribution < -0.4 is 10.0 Å². The van der Waals surface area contributed by atoms with Gasteiger partial charge >= 0.3 is 0 Å². The number of hydrogen-bond donors (Lipinski definition) is 3. The first-order valence-electron chi connectivity index (χ1n) is 8.54. The average Bonchev–Trinajstić information content (AvgIpc) is 3.03. The zero-order valence-corrected chi connectivity index (χ0v) is 16.3. The van der Waals surface area contributed by atoms with E-state index in [-0.39, 0.29) is 21.2 Å². The van der Waals surface area contributed by atoms with Crippen LogP contribution in [0.4, 0.5) is 18.9 Å². The Morgan fingerprint density at radius 3 is 2.34 bits per heavy atom. The minimum atomic E-state index is -4.15. The molecule has 1 aliphatic carbocycles. The summed E-state index contributed by atoms with van der Waals surface area (Å²) in [7, 11) is -4.15. The second-order valence-electron chi connectivity index (χ2n) is 6.58. The minimum absolute atomic E-state index is 0.152. The summed E-state index contributed by atoms with van der Waals surface area (Å²) >= 11 is 5.97. The first kappa shape index (κ1) is 21.6. The van der Waals surface area contributed by atoms with Gasteiger partial charge in [0.15, 0.2) is 17.5 Å². The van der Waals surface area contributed by atoms with Crippen molar-refractivity contribution < 1.29 is 31.5 Å². The average molecular weight is 449 g/mol. The first-order valence-corrected chi connectivity index (χ1v) is 10.4. The fourth-order valence-electron chi connectivity index (χ4n) is 3.02. The highest BCUT2D eigenvalue weighted by Gasteiger charge is 2.31. The molecule has 2 aromatic carbocycles. The fraction of sp³-hybridized carbons (Fsp3) is 0.278. The number of carbonyl (C=O) groups excluding carboxylic acids is 1. The summed E-state index contributed by atoms with van der Waals surface area (Å²) in [4.78, 5) is 12.0. The molecule has 0 aromatic heterocycles. The first-order chi connectivity index (χ1) is 13.6. The van der Waals surface area contributed by atoms with E-state index in [9.17, 15) is 31.5 Å². The maximum absolute atomic E-state index is 13.3. The van der Waals surface area contributed by atoms with Crippen LogP contribution >= 0.6 is 11.6 Å². The molecule has 0 saturated heterocycles. The van der Waals surface area contributed by atoms with Gasteiger partial charge < -0.3 is 10.4 Å². The fourth-order valence-corrected chi connectivity index (χ4v) is 4.85. The molecule has 11 heteroatoms. The Bertz CT molecular complexity index is 1040. The van der Waals surface area contributed by atoms with Crippen LogP contribution in [0.15, 0.2) is 35.2 Å². The van der Waals surface area contributed by atoms with Crippen molar-refractivity contribution in [2.45, 2.75) is 36.3 Å². The lowest BCUT2D eigenvalue weighted by atomic mass is 10.2. The van der Waals surface area contributed by atoms with Gasteiger partial charge in [0.2, 0.25) is 10.0 Å². The third kappa shape index (κ3) is 4.72. The van der Waals surface area contributed by atoms with Gasteiger partial charge in [-0.15, -0.1) is 0 Å². The minimum Gasteiger partial charge on any atom is -0.391 e. The van der Waals surface area contributed by atoms with Crippen LogP contribution in [0.2, 0.25) is 5.02 Å². The lowest BCUT2D eigenvalue weighted by molar-refractivity contribution is 0.102. The predicted molar refractivity (Wildman–Crippen MR) is 99.7 cm³/mol. The van der Waals surface area contributed by atoms with Gasteiger partial charge in [-0.1, -0.05) is 11.6 Å². The van der Waals surface area contributed by atoms with Crippen LogP contribution in [-0.4, -0.2) is 31.6 Å². The summed E-state index contributed by atoms with van der Waals surface area (Å²) in [5.74, 6) is -5.54. The summed E-state index contributed by atoms with van der Waals surface area (Å²) in [5, 5.41) is 11.8. The molecule has 3 rings (SSSR count). The summed E-state index contributed by atoms with van der Waals surface area (Å²) in [5.41, 5.74) is -0.509. The molecule has 2 unspecified atom stereocenters. The number of halogens is 4. The molecular formula is C18H16ClF3N2O4S. The highest BCUT2D eigenvalue weighted by atomic mass is 35.5. The van der Waals surface area contributed by atoms with Crippen LogP contribution in [0.5, 0.6) is 0 Å². The number of rotatable bonds is 5. The van der Waals surface area contributed by atoms with Crippen molar-refractivity contribution in [3.8, 4) is 0 Å². The number of benzene rings is 2. The molecule has 1 aliphatic rings. The van der Waals surface area contributed by atoms with Gasteiger partial charge in [-0.2, -0.15) is 0 Å². The SMILES string of the molecule is O=C(Nc1cc(F)c(F)c(F)c1)c1ccc(Cl)c(S(=O)(=O)NC2CCCC2O)c1. The van der Waals surface area contributed by atoms with Gasteiger partial charge in [-0.05, 0) is 37.5 Å². The second-order valence-corrected chi connectivity index (χ2v) is 8.67. The van der Waals surface area contributed by atoms with E-state index in [2.05, 4.69) is 10.0 Å². The molecule has 0 bridgehead atoms. The topological polar surface area (TPSA) is 95.5 Å². The van der Waals surface area contributed by atoms with Gasteiger partial charge in [-0.25, -0.2) is 26.3 Å². The van der Waals surface area contributed by atoms with Crippen molar-refractivity contribution in [3.63, 3.8) is 0 Å². The van der Waals surface area contributed by atoms with Gasteiger partial charge in [-0.3, -0.25) is 4.79 Å². The Kier molecular flexibility index (Phi) is 6.18. The van der Waals surface area contributed by atoms with E-state index in [0.29, 0.717) is 31.4 Å². The molecule has 1 fully saturated rings. The predicted octanol–water partition coefficient (Wildman–Crippen LogP) is 3.20. The highest BCUT2D eigenvalue weighted by Crippen LogP contribution is 2.26. The van der Waals surface area contributed by atoms with Gasteiger partial charge in [0, 0.05) is 29.4 Å². The van der Waals surface area contributed by atoms with E-state index in [1.165, 1.54) is 12.1 Å². The Morgan fingerprint density at radius 1 is 1.10 bits per heavy atom. The molecule has 3 N–H and O–H groups in total. The van der Waals surface area contributed by atoms with Crippen LogP contribution in [0.3, 0.4) is 0 Å². The zero-order valence-electron chi connectivity index (χ0n) is 14.8. The summed E-state index contributed by atoms with van der Waals surface area (Å²) in [6.45, 7) is 0. The van der Waals surface area contributed by atoms with E-state index >= 15 is 0 Å². The van der Waals surface area contributed by atoms with Crippen molar-refractivity contribution in [2.75, 3.05) is 5.32 Å².